The van der Waals surface area contributed by atoms with E-state index in [1.165, 1.54) is 18.2 Å². The summed E-state index contributed by atoms with van der Waals surface area (Å²) in [6, 6.07) is 11.9. The highest BCUT2D eigenvalue weighted by Gasteiger charge is 2.34. The Morgan fingerprint density at radius 2 is 1.58 bits per heavy atom. The lowest BCUT2D eigenvalue weighted by molar-refractivity contribution is -0.139. The summed E-state index contributed by atoms with van der Waals surface area (Å²) >= 11 is 6.10. The molecule has 0 aliphatic rings. The molecule has 158 valence electrons. The average Bonchev–Trinajstić information content (AvgIpc) is 2.71. The lowest BCUT2D eigenvalue weighted by Gasteiger charge is -2.13. The number of rotatable bonds is 4. The van der Waals surface area contributed by atoms with Crippen molar-refractivity contribution in [2.45, 2.75) is 6.18 Å². The Kier molecular flexibility index (Phi) is 6.32. The predicted octanol–water partition coefficient (Wildman–Crippen LogP) is 7.48. The summed E-state index contributed by atoms with van der Waals surface area (Å²) in [4.78, 5) is 15.4. The van der Waals surface area contributed by atoms with E-state index in [2.05, 4.69) is 15.5 Å². The molecule has 2 N–H and O–H groups in total. The molecule has 31 heavy (non-hydrogen) atoms. The number of hydrogen-bond acceptors (Lipinski definition) is 2. The third-order valence-electron chi connectivity index (χ3n) is 3.91. The first-order valence-electron chi connectivity index (χ1n) is 8.55. The van der Waals surface area contributed by atoms with Crippen LogP contribution >= 0.6 is 11.6 Å². The maximum atomic E-state index is 13.4. The molecule has 3 rings (SSSR count). The number of ether oxygens (including phenoxy) is 1. The number of anilines is 2. The molecule has 0 aliphatic heterocycles. The topological polar surface area (TPSA) is 54.7 Å². The van der Waals surface area contributed by atoms with Gasteiger partial charge in [0.1, 0.15) is 17.3 Å². The van der Waals surface area contributed by atoms with Crippen molar-refractivity contribution in [1.29, 1.82) is 0 Å². The van der Waals surface area contributed by atoms with Crippen LogP contribution in [0.2, 0.25) is 5.02 Å². The highest BCUT2D eigenvalue weighted by Crippen LogP contribution is 2.34. The molecule has 3 aromatic carbocycles. The highest BCUT2D eigenvalue weighted by molar-refractivity contribution is 6.32. The van der Waals surface area contributed by atoms with Gasteiger partial charge in [0.25, 0.3) is 0 Å². The van der Waals surface area contributed by atoms with E-state index in [4.69, 9.17) is 22.9 Å². The molecular weight excluding hydrogens is 438 g/mol. The molecule has 0 radical (unpaired) electrons. The summed E-state index contributed by atoms with van der Waals surface area (Å²) in [5, 5.41) is 4.88. The second-order valence-corrected chi connectivity index (χ2v) is 6.53. The van der Waals surface area contributed by atoms with Crippen molar-refractivity contribution in [3.8, 4) is 11.5 Å². The van der Waals surface area contributed by atoms with E-state index in [1.54, 1.807) is 24.3 Å². The minimum absolute atomic E-state index is 0.205. The number of amides is 2. The normalized spacial score (nSPS) is 10.8. The Labute approximate surface area is 179 Å². The van der Waals surface area contributed by atoms with E-state index in [1.807, 2.05) is 0 Å². The molecule has 0 atom stereocenters. The minimum atomic E-state index is -4.90. The van der Waals surface area contributed by atoms with Crippen LogP contribution in [0.4, 0.5) is 39.4 Å². The molecule has 5 nitrogen and oxygen atoms in total. The van der Waals surface area contributed by atoms with Crippen LogP contribution in [0.3, 0.4) is 0 Å². The molecule has 0 heterocycles. The Morgan fingerprint density at radius 1 is 0.968 bits per heavy atom. The summed E-state index contributed by atoms with van der Waals surface area (Å²) < 4.78 is 57.4. The molecule has 0 aliphatic carbocycles. The zero-order valence-corrected chi connectivity index (χ0v) is 16.2. The minimum Gasteiger partial charge on any atom is -0.456 e. The molecule has 10 heteroatoms. The van der Waals surface area contributed by atoms with Gasteiger partial charge < -0.3 is 15.4 Å². The zero-order chi connectivity index (χ0) is 22.6. The number of urea groups is 1. The Hall–Kier alpha value is -3.77. The SMILES string of the molecule is [C-]#[N+]c1ccc(Oc2cc(NC(=O)Nc3ccc(F)c(C(F)(F)F)c3)ccc2Cl)cc1. The summed E-state index contributed by atoms with van der Waals surface area (Å²) in [5.74, 6) is -0.833. The van der Waals surface area contributed by atoms with Gasteiger partial charge in [0.15, 0.2) is 5.69 Å². The maximum Gasteiger partial charge on any atom is 0.419 e. The molecule has 0 aromatic heterocycles. The van der Waals surface area contributed by atoms with Crippen LogP contribution < -0.4 is 15.4 Å². The number of benzene rings is 3. The van der Waals surface area contributed by atoms with Crippen LogP contribution in [0.1, 0.15) is 5.56 Å². The first kappa shape index (κ1) is 21.9. The number of hydrogen-bond donors (Lipinski definition) is 2. The van der Waals surface area contributed by atoms with Gasteiger partial charge >= 0.3 is 12.2 Å². The van der Waals surface area contributed by atoms with Gasteiger partial charge in [0, 0.05) is 17.4 Å². The number of alkyl halides is 3. The van der Waals surface area contributed by atoms with Crippen molar-refractivity contribution in [1.82, 2.24) is 0 Å². The number of nitrogens with one attached hydrogen (secondary N) is 2. The summed E-state index contributed by atoms with van der Waals surface area (Å²) in [6.07, 6.45) is -4.90. The van der Waals surface area contributed by atoms with Gasteiger partial charge in [-0.2, -0.15) is 13.2 Å². The van der Waals surface area contributed by atoms with Gasteiger partial charge in [-0.1, -0.05) is 23.7 Å². The van der Waals surface area contributed by atoms with Crippen molar-refractivity contribution in [3.63, 3.8) is 0 Å². The fourth-order valence-corrected chi connectivity index (χ4v) is 2.64. The molecule has 0 spiro atoms. The predicted molar refractivity (Wildman–Crippen MR) is 108 cm³/mol. The summed E-state index contributed by atoms with van der Waals surface area (Å²) in [5.41, 5.74) is -1.05. The van der Waals surface area contributed by atoms with Gasteiger partial charge in [0.2, 0.25) is 0 Å². The number of carbonyl (C=O) groups excluding carboxylic acids is 1. The lowest BCUT2D eigenvalue weighted by atomic mass is 10.2. The molecular formula is C21H12ClF4N3O2. The summed E-state index contributed by atoms with van der Waals surface area (Å²) in [6.45, 7) is 6.94. The second kappa shape index (κ2) is 8.93. The van der Waals surface area contributed by atoms with Gasteiger partial charge in [-0.05, 0) is 42.5 Å². The van der Waals surface area contributed by atoms with E-state index in [0.29, 0.717) is 23.6 Å². The lowest BCUT2D eigenvalue weighted by Crippen LogP contribution is -2.20. The van der Waals surface area contributed by atoms with Crippen molar-refractivity contribution in [3.05, 3.63) is 88.5 Å². The van der Waals surface area contributed by atoms with E-state index >= 15 is 0 Å². The zero-order valence-electron chi connectivity index (χ0n) is 15.4. The van der Waals surface area contributed by atoms with Crippen LogP contribution in [0, 0.1) is 12.4 Å². The quantitative estimate of drug-likeness (QED) is 0.320. The van der Waals surface area contributed by atoms with Crippen molar-refractivity contribution >= 4 is 34.7 Å². The smallest absolute Gasteiger partial charge is 0.419 e. The third-order valence-corrected chi connectivity index (χ3v) is 4.22. The standard InChI is InChI=1S/C21H12ClF4N3O2/c1-27-12-2-6-15(7-3-12)31-19-11-14(4-8-17(19)22)29-20(30)28-13-5-9-18(23)16(10-13)21(24,25)26/h2-11H,(H2,28,29,30). The van der Waals surface area contributed by atoms with Crippen molar-refractivity contribution in [2.24, 2.45) is 0 Å². The summed E-state index contributed by atoms with van der Waals surface area (Å²) in [7, 11) is 0. The fraction of sp³-hybridized carbons (Fsp3) is 0.0476. The highest BCUT2D eigenvalue weighted by atomic mass is 35.5. The first-order chi connectivity index (χ1) is 14.7. The van der Waals surface area contributed by atoms with E-state index in [9.17, 15) is 22.4 Å². The van der Waals surface area contributed by atoms with Gasteiger partial charge in [-0.3, -0.25) is 0 Å². The van der Waals surface area contributed by atoms with E-state index in [0.717, 1.165) is 6.07 Å². The van der Waals surface area contributed by atoms with Crippen LogP contribution in [-0.4, -0.2) is 6.03 Å². The molecule has 0 saturated heterocycles. The Bertz CT molecular complexity index is 1160. The molecule has 0 unspecified atom stereocenters. The van der Waals surface area contributed by atoms with Crippen LogP contribution in [0.25, 0.3) is 4.85 Å². The number of halogens is 5. The van der Waals surface area contributed by atoms with Crippen molar-refractivity contribution in [2.75, 3.05) is 10.6 Å². The van der Waals surface area contributed by atoms with Crippen LogP contribution in [0.5, 0.6) is 11.5 Å². The fourth-order valence-electron chi connectivity index (χ4n) is 2.49. The largest absolute Gasteiger partial charge is 0.456 e. The molecule has 0 fully saturated rings. The van der Waals surface area contributed by atoms with Gasteiger partial charge in [-0.25, -0.2) is 14.0 Å². The maximum absolute atomic E-state index is 13.4. The monoisotopic (exact) mass is 449 g/mol. The molecule has 3 aromatic rings. The van der Waals surface area contributed by atoms with Gasteiger partial charge in [0.05, 0.1) is 17.2 Å². The molecule has 2 amide bonds. The molecule has 0 saturated carbocycles. The van der Waals surface area contributed by atoms with E-state index < -0.39 is 23.6 Å². The first-order valence-corrected chi connectivity index (χ1v) is 8.93. The molecule has 0 bridgehead atoms. The number of carbonyl (C=O) groups is 1. The van der Waals surface area contributed by atoms with E-state index in [-0.39, 0.29) is 22.1 Å². The van der Waals surface area contributed by atoms with Gasteiger partial charge in [-0.15, -0.1) is 0 Å². The van der Waals surface area contributed by atoms with Crippen LogP contribution in [0.15, 0.2) is 60.7 Å². The average molecular weight is 450 g/mol. The Balaban J connectivity index is 1.72. The third kappa shape index (κ3) is 5.65. The Morgan fingerprint density at radius 3 is 2.19 bits per heavy atom. The van der Waals surface area contributed by atoms with Crippen LogP contribution in [-0.2, 0) is 6.18 Å². The van der Waals surface area contributed by atoms with Crippen molar-refractivity contribution < 1.29 is 27.1 Å². The second-order valence-electron chi connectivity index (χ2n) is 6.12. The number of nitrogens with zero attached hydrogens (tertiary/aromatic N) is 1.